The van der Waals surface area contributed by atoms with E-state index in [4.69, 9.17) is 5.26 Å². The first-order valence-corrected chi connectivity index (χ1v) is 5.40. The van der Waals surface area contributed by atoms with Crippen molar-refractivity contribution < 1.29 is 19.5 Å². The summed E-state index contributed by atoms with van der Waals surface area (Å²) in [5, 5.41) is 29.8. The molecule has 5 heteroatoms. The summed E-state index contributed by atoms with van der Waals surface area (Å²) >= 11 is 0. The molecule has 1 aliphatic heterocycles. The molecule has 0 aliphatic carbocycles. The average Bonchev–Trinajstić information content (AvgIpc) is 2.43. The maximum absolute atomic E-state index is 11.4. The number of quaternary nitrogens is 1. The number of nitriles is 1. The molecule has 1 aliphatic rings. The van der Waals surface area contributed by atoms with Crippen molar-refractivity contribution in [3.05, 3.63) is 0 Å². The first kappa shape index (κ1) is 12.9. The molecular formula is C11H18N2O3. The van der Waals surface area contributed by atoms with Crippen LogP contribution in [0.25, 0.3) is 0 Å². The van der Waals surface area contributed by atoms with E-state index in [0.29, 0.717) is 6.42 Å². The normalized spacial score (nSPS) is 34.7. The molecule has 1 rings (SSSR count). The second kappa shape index (κ2) is 4.04. The molecule has 0 aromatic rings. The van der Waals surface area contributed by atoms with Gasteiger partial charge in [-0.15, -0.1) is 0 Å². The highest BCUT2D eigenvalue weighted by molar-refractivity contribution is 5.55. The summed E-state index contributed by atoms with van der Waals surface area (Å²) in [6.07, 6.45) is -1.40. The van der Waals surface area contributed by atoms with Crippen molar-refractivity contribution in [3.8, 4) is 6.07 Å². The van der Waals surface area contributed by atoms with Crippen molar-refractivity contribution in [1.82, 2.24) is 0 Å². The summed E-state index contributed by atoms with van der Waals surface area (Å²) in [5.74, 6) is 0. The summed E-state index contributed by atoms with van der Waals surface area (Å²) in [6.45, 7) is 5.51. The van der Waals surface area contributed by atoms with E-state index in [1.165, 1.54) is 0 Å². The fourth-order valence-electron chi connectivity index (χ4n) is 2.71. The van der Waals surface area contributed by atoms with Gasteiger partial charge in [0.15, 0.2) is 0 Å². The standard InChI is InChI=1S/C11H18N2O3/c1-11(2,3)13(10(15)16)7-9(14)6-8(13)4-5-12/h8-9,14H,4,6-7H2,1-3H3/t8-,9-,13?/m0/s1. The van der Waals surface area contributed by atoms with E-state index in [1.807, 2.05) is 6.07 Å². The molecule has 0 radical (unpaired) electrons. The number of amides is 1. The molecule has 1 fully saturated rings. The Morgan fingerprint density at radius 2 is 2.19 bits per heavy atom. The lowest BCUT2D eigenvalue weighted by Crippen LogP contribution is -2.70. The predicted octanol–water partition coefficient (Wildman–Crippen LogP) is -0.00812. The Kier molecular flexibility index (Phi) is 3.27. The van der Waals surface area contributed by atoms with E-state index in [1.54, 1.807) is 20.8 Å². The summed E-state index contributed by atoms with van der Waals surface area (Å²) in [5.41, 5.74) is -0.585. The molecule has 16 heavy (non-hydrogen) atoms. The van der Waals surface area contributed by atoms with Gasteiger partial charge in [-0.3, -0.25) is 4.48 Å². The second-order valence-corrected chi connectivity index (χ2v) is 5.39. The zero-order chi connectivity index (χ0) is 12.6. The molecule has 1 N–H and O–H groups in total. The van der Waals surface area contributed by atoms with E-state index < -0.39 is 17.7 Å². The Morgan fingerprint density at radius 1 is 1.62 bits per heavy atom. The zero-order valence-corrected chi connectivity index (χ0v) is 9.93. The van der Waals surface area contributed by atoms with Gasteiger partial charge in [-0.1, -0.05) is 0 Å². The number of likely N-dealkylation sites (tertiary alicyclic amines) is 1. The largest absolute Gasteiger partial charge is 0.498 e. The van der Waals surface area contributed by atoms with Crippen LogP contribution in [0.1, 0.15) is 33.6 Å². The maximum atomic E-state index is 11.4. The van der Waals surface area contributed by atoms with Crippen LogP contribution in [0.2, 0.25) is 0 Å². The molecule has 1 saturated heterocycles. The van der Waals surface area contributed by atoms with Gasteiger partial charge in [0, 0.05) is 6.42 Å². The molecule has 0 bridgehead atoms. The lowest BCUT2D eigenvalue weighted by atomic mass is 9.98. The summed E-state index contributed by atoms with van der Waals surface area (Å²) in [6, 6.07) is 1.61. The van der Waals surface area contributed by atoms with Gasteiger partial charge in [-0.05, 0) is 20.8 Å². The number of carboxylic acid groups (broad SMARTS) is 1. The number of hydrogen-bond donors (Lipinski definition) is 1. The van der Waals surface area contributed by atoms with Crippen LogP contribution in [0.3, 0.4) is 0 Å². The maximum Gasteiger partial charge on any atom is 0.258 e. The summed E-state index contributed by atoms with van der Waals surface area (Å²) in [7, 11) is 0. The average molecular weight is 226 g/mol. The summed E-state index contributed by atoms with van der Waals surface area (Å²) in [4.78, 5) is 11.4. The number of hydrogen-bond acceptors (Lipinski definition) is 4. The van der Waals surface area contributed by atoms with Crippen LogP contribution in [0, 0.1) is 11.3 Å². The highest BCUT2D eigenvalue weighted by Crippen LogP contribution is 2.37. The van der Waals surface area contributed by atoms with Gasteiger partial charge in [-0.2, -0.15) is 5.26 Å². The van der Waals surface area contributed by atoms with Gasteiger partial charge < -0.3 is 15.0 Å². The first-order valence-electron chi connectivity index (χ1n) is 5.40. The van der Waals surface area contributed by atoms with Crippen LogP contribution in [0.15, 0.2) is 0 Å². The van der Waals surface area contributed by atoms with Crippen LogP contribution in [-0.2, 0) is 0 Å². The Morgan fingerprint density at radius 3 is 2.56 bits per heavy atom. The van der Waals surface area contributed by atoms with Crippen LogP contribution >= 0.6 is 0 Å². The molecule has 1 amide bonds. The number of carbonyl (C=O) groups excluding carboxylic acids is 1. The third-order valence-electron chi connectivity index (χ3n) is 3.52. The predicted molar refractivity (Wildman–Crippen MR) is 54.9 cm³/mol. The number of aliphatic hydroxyl groups excluding tert-OH is 1. The minimum Gasteiger partial charge on any atom is -0.498 e. The molecule has 3 atom stereocenters. The minimum atomic E-state index is -1.20. The third kappa shape index (κ3) is 1.79. The van der Waals surface area contributed by atoms with E-state index in [-0.39, 0.29) is 23.5 Å². The van der Waals surface area contributed by atoms with Gasteiger partial charge in [0.2, 0.25) is 0 Å². The smallest absolute Gasteiger partial charge is 0.258 e. The Bertz CT molecular complexity index is 329. The molecule has 0 aromatic heterocycles. The fraction of sp³-hybridized carbons (Fsp3) is 0.818. The highest BCUT2D eigenvalue weighted by atomic mass is 16.4. The highest BCUT2D eigenvalue weighted by Gasteiger charge is 2.55. The Hall–Kier alpha value is -1.12. The molecule has 5 nitrogen and oxygen atoms in total. The number of carbonyl (C=O) groups is 1. The van der Waals surface area contributed by atoms with Crippen molar-refractivity contribution in [2.45, 2.75) is 51.3 Å². The second-order valence-electron chi connectivity index (χ2n) is 5.39. The molecule has 0 aromatic carbocycles. The first-order chi connectivity index (χ1) is 7.25. The van der Waals surface area contributed by atoms with Crippen LogP contribution in [-0.4, -0.2) is 39.9 Å². The molecule has 0 saturated carbocycles. The molecular weight excluding hydrogens is 208 g/mol. The van der Waals surface area contributed by atoms with Gasteiger partial charge >= 0.3 is 0 Å². The number of aliphatic hydroxyl groups is 1. The van der Waals surface area contributed by atoms with Crippen molar-refractivity contribution >= 4 is 6.09 Å². The number of nitrogens with zero attached hydrogens (tertiary/aromatic N) is 2. The van der Waals surface area contributed by atoms with Crippen LogP contribution < -0.4 is 5.11 Å². The van der Waals surface area contributed by atoms with Crippen molar-refractivity contribution in [3.63, 3.8) is 0 Å². The van der Waals surface area contributed by atoms with Crippen molar-refractivity contribution in [1.29, 1.82) is 5.26 Å². The molecule has 1 heterocycles. The zero-order valence-electron chi connectivity index (χ0n) is 9.93. The van der Waals surface area contributed by atoms with Gasteiger partial charge in [0.05, 0.1) is 18.0 Å². The van der Waals surface area contributed by atoms with Crippen LogP contribution in [0.4, 0.5) is 4.79 Å². The van der Waals surface area contributed by atoms with E-state index in [0.717, 1.165) is 0 Å². The Balaban J connectivity index is 3.18. The molecule has 1 unspecified atom stereocenters. The van der Waals surface area contributed by atoms with Gasteiger partial charge in [0.1, 0.15) is 18.7 Å². The molecule has 0 spiro atoms. The topological polar surface area (TPSA) is 84.2 Å². The lowest BCUT2D eigenvalue weighted by molar-refractivity contribution is -0.930. The SMILES string of the molecule is CC(C)(C)[N+]1(C(=O)[O-])C[C@@H](O)C[C@@H]1CC#N. The third-order valence-corrected chi connectivity index (χ3v) is 3.52. The monoisotopic (exact) mass is 226 g/mol. The van der Waals surface area contributed by atoms with E-state index >= 15 is 0 Å². The van der Waals surface area contributed by atoms with Crippen molar-refractivity contribution in [2.24, 2.45) is 0 Å². The van der Waals surface area contributed by atoms with E-state index in [2.05, 4.69) is 0 Å². The molecule has 90 valence electrons. The number of rotatable bonds is 1. The fourth-order valence-corrected chi connectivity index (χ4v) is 2.71. The quantitative estimate of drug-likeness (QED) is 0.637. The van der Waals surface area contributed by atoms with Gasteiger partial charge in [-0.25, -0.2) is 0 Å². The Labute approximate surface area is 95.5 Å². The van der Waals surface area contributed by atoms with Crippen LogP contribution in [0.5, 0.6) is 0 Å². The van der Waals surface area contributed by atoms with Gasteiger partial charge in [0.25, 0.3) is 6.09 Å². The van der Waals surface area contributed by atoms with E-state index in [9.17, 15) is 15.0 Å². The summed E-state index contributed by atoms with van der Waals surface area (Å²) < 4.78 is -0.332. The van der Waals surface area contributed by atoms with Crippen molar-refractivity contribution in [2.75, 3.05) is 6.54 Å². The lowest BCUT2D eigenvalue weighted by Gasteiger charge is -2.48. The minimum absolute atomic E-state index is 0.123.